The number of ether oxygens (including phenoxy) is 1. The predicted octanol–water partition coefficient (Wildman–Crippen LogP) is 2.14. The second-order valence-electron chi connectivity index (χ2n) is 6.85. The summed E-state index contributed by atoms with van der Waals surface area (Å²) in [5.41, 5.74) is 1.72. The van der Waals surface area contributed by atoms with Crippen molar-refractivity contribution in [2.24, 2.45) is 5.92 Å². The van der Waals surface area contributed by atoms with Gasteiger partial charge in [-0.15, -0.1) is 0 Å². The third kappa shape index (κ3) is 1.54. The molecule has 3 fully saturated rings. The molecule has 1 atom stereocenters. The van der Waals surface area contributed by atoms with E-state index in [4.69, 9.17) is 24.3 Å². The first-order chi connectivity index (χ1) is 10.1. The molecule has 2 bridgehead atoms. The average Bonchev–Trinajstić information content (AvgIpc) is 2.93. The first kappa shape index (κ1) is 12.4. The van der Waals surface area contributed by atoms with Crippen LogP contribution >= 0.6 is 11.6 Å². The Kier molecular flexibility index (Phi) is 2.21. The van der Waals surface area contributed by atoms with Gasteiger partial charge in [0.15, 0.2) is 5.60 Å². The van der Waals surface area contributed by atoms with Crippen molar-refractivity contribution in [3.05, 3.63) is 23.2 Å². The SMILES string of the molecule is [B-][N+]12CCC(CC1)C1(Cn3c(nc4cccc(Cl)c43)O1)C2. The van der Waals surface area contributed by atoms with Crippen LogP contribution in [0, 0.1) is 5.92 Å². The van der Waals surface area contributed by atoms with Crippen molar-refractivity contribution in [1.82, 2.24) is 9.55 Å². The van der Waals surface area contributed by atoms with Crippen LogP contribution in [0.2, 0.25) is 5.02 Å². The molecule has 0 amide bonds. The molecule has 6 rings (SSSR count). The van der Waals surface area contributed by atoms with Crippen LogP contribution in [0.1, 0.15) is 12.8 Å². The molecule has 6 heteroatoms. The zero-order chi connectivity index (χ0) is 14.2. The van der Waals surface area contributed by atoms with Gasteiger partial charge in [-0.05, 0) is 25.0 Å². The Bertz CT molecular complexity index is 753. The van der Waals surface area contributed by atoms with E-state index < -0.39 is 0 Å². The molecular formula is C15H16BClN3O. The Morgan fingerprint density at radius 3 is 2.95 bits per heavy atom. The minimum absolute atomic E-state index is 0.180. The summed E-state index contributed by atoms with van der Waals surface area (Å²) in [5, 5.41) is 0.741. The van der Waals surface area contributed by atoms with Gasteiger partial charge in [0.25, 0.3) is 6.01 Å². The summed E-state index contributed by atoms with van der Waals surface area (Å²) in [6.07, 6.45) is 2.29. The van der Waals surface area contributed by atoms with Gasteiger partial charge in [-0.3, -0.25) is 4.57 Å². The fraction of sp³-hybridized carbons (Fsp3) is 0.533. The molecule has 107 valence electrons. The topological polar surface area (TPSA) is 27.1 Å². The number of hydrogen-bond acceptors (Lipinski definition) is 2. The zero-order valence-corrected chi connectivity index (χ0v) is 12.5. The van der Waals surface area contributed by atoms with Crippen LogP contribution in [0.15, 0.2) is 18.2 Å². The third-order valence-electron chi connectivity index (χ3n) is 5.58. The van der Waals surface area contributed by atoms with Crippen molar-refractivity contribution in [2.45, 2.75) is 25.0 Å². The largest absolute Gasteiger partial charge is 0.585 e. The number of fused-ring (bicyclic) bond motifs is 5. The molecular weight excluding hydrogens is 284 g/mol. The molecule has 0 aliphatic carbocycles. The van der Waals surface area contributed by atoms with E-state index >= 15 is 0 Å². The molecule has 3 radical (unpaired) electrons. The van der Waals surface area contributed by atoms with E-state index in [1.807, 2.05) is 18.2 Å². The summed E-state index contributed by atoms with van der Waals surface area (Å²) < 4.78 is 9.16. The van der Waals surface area contributed by atoms with Gasteiger partial charge >= 0.3 is 0 Å². The van der Waals surface area contributed by atoms with Gasteiger partial charge in [-0.25, -0.2) is 7.98 Å². The van der Waals surface area contributed by atoms with Gasteiger partial charge in [0.2, 0.25) is 0 Å². The lowest BCUT2D eigenvalue weighted by molar-refractivity contribution is -0.845. The van der Waals surface area contributed by atoms with Crippen LogP contribution in [-0.4, -0.2) is 47.2 Å². The molecule has 1 aromatic carbocycles. The number of quaternary nitrogens is 1. The maximum atomic E-state index is 6.50. The standard InChI is InChI=1S/C15H16BClN3O/c16-20-6-4-10(5-7-20)15(9-20)8-19-13-11(17)2-1-3-12(13)18-14(19)21-15/h1-3,10H,4-9H2. The highest BCUT2D eigenvalue weighted by Gasteiger charge is 2.55. The molecule has 0 N–H and O–H groups in total. The molecule has 5 heterocycles. The molecule has 4 aliphatic rings. The normalized spacial score (nSPS) is 37.1. The lowest BCUT2D eigenvalue weighted by atomic mass is 9.71. The monoisotopic (exact) mass is 300 g/mol. The Balaban J connectivity index is 1.62. The van der Waals surface area contributed by atoms with Crippen molar-refractivity contribution in [2.75, 3.05) is 19.6 Å². The summed E-state index contributed by atoms with van der Waals surface area (Å²) in [5.74, 6) is 0.584. The number of aromatic nitrogens is 2. The summed E-state index contributed by atoms with van der Waals surface area (Å²) in [7, 11) is 6.50. The van der Waals surface area contributed by atoms with Crippen molar-refractivity contribution in [1.29, 1.82) is 0 Å². The molecule has 0 saturated carbocycles. The van der Waals surface area contributed by atoms with Gasteiger partial charge in [-0.1, -0.05) is 17.7 Å². The van der Waals surface area contributed by atoms with E-state index in [1.165, 1.54) is 0 Å². The quantitative estimate of drug-likeness (QED) is 0.697. The summed E-state index contributed by atoms with van der Waals surface area (Å²) in [4.78, 5) is 4.62. The van der Waals surface area contributed by atoms with Crippen molar-refractivity contribution in [3.63, 3.8) is 0 Å². The molecule has 4 nitrogen and oxygen atoms in total. The second kappa shape index (κ2) is 3.76. The molecule has 21 heavy (non-hydrogen) atoms. The average molecular weight is 301 g/mol. The predicted molar refractivity (Wildman–Crippen MR) is 81.4 cm³/mol. The summed E-state index contributed by atoms with van der Waals surface area (Å²) in [6, 6.07) is 6.53. The molecule has 1 aromatic heterocycles. The first-order valence-electron chi connectivity index (χ1n) is 7.57. The highest BCUT2D eigenvalue weighted by atomic mass is 35.5. The first-order valence-corrected chi connectivity index (χ1v) is 7.95. The Labute approximate surface area is 129 Å². The van der Waals surface area contributed by atoms with Crippen molar-refractivity contribution >= 4 is 30.6 Å². The van der Waals surface area contributed by atoms with Gasteiger partial charge in [0.1, 0.15) is 0 Å². The lowest BCUT2D eigenvalue weighted by Crippen LogP contribution is -2.69. The number of imidazole rings is 1. The Morgan fingerprint density at radius 2 is 2.19 bits per heavy atom. The third-order valence-corrected chi connectivity index (χ3v) is 5.88. The number of nitrogens with zero attached hydrogens (tertiary/aromatic N) is 3. The van der Waals surface area contributed by atoms with Crippen molar-refractivity contribution in [3.8, 4) is 6.01 Å². The van der Waals surface area contributed by atoms with Crippen LogP contribution < -0.4 is 4.74 Å². The van der Waals surface area contributed by atoms with Crippen molar-refractivity contribution < 1.29 is 9.13 Å². The maximum absolute atomic E-state index is 6.50. The van der Waals surface area contributed by atoms with Crippen LogP contribution in [0.3, 0.4) is 0 Å². The number of hydrogen-bond donors (Lipinski definition) is 0. The van der Waals surface area contributed by atoms with E-state index in [-0.39, 0.29) is 5.60 Å². The van der Waals surface area contributed by atoms with Gasteiger partial charge < -0.3 is 9.13 Å². The fourth-order valence-electron chi connectivity index (χ4n) is 4.55. The number of para-hydroxylation sites is 1. The molecule has 2 aromatic rings. The number of halogens is 1. The molecule has 4 aliphatic heterocycles. The molecule has 1 unspecified atom stereocenters. The lowest BCUT2D eigenvalue weighted by Gasteiger charge is -2.64. The highest BCUT2D eigenvalue weighted by Crippen LogP contribution is 2.47. The summed E-state index contributed by atoms with van der Waals surface area (Å²) in [6.45, 7) is 3.84. The van der Waals surface area contributed by atoms with Gasteiger partial charge in [-0.2, -0.15) is 4.98 Å². The Hall–Kier alpha value is -1.20. The highest BCUT2D eigenvalue weighted by molar-refractivity contribution is 6.35. The number of rotatable bonds is 0. The molecule has 1 spiro atoms. The van der Waals surface area contributed by atoms with E-state index in [0.29, 0.717) is 16.3 Å². The van der Waals surface area contributed by atoms with E-state index in [2.05, 4.69) is 9.55 Å². The van der Waals surface area contributed by atoms with Gasteiger partial charge in [0.05, 0.1) is 29.1 Å². The minimum Gasteiger partial charge on any atom is -0.585 e. The van der Waals surface area contributed by atoms with Crippen LogP contribution in [0.4, 0.5) is 0 Å². The Morgan fingerprint density at radius 1 is 1.38 bits per heavy atom. The smallest absolute Gasteiger partial charge is 0.298 e. The second-order valence-corrected chi connectivity index (χ2v) is 7.26. The van der Waals surface area contributed by atoms with E-state index in [9.17, 15) is 0 Å². The minimum atomic E-state index is -0.180. The van der Waals surface area contributed by atoms with Crippen LogP contribution in [0.25, 0.3) is 11.0 Å². The van der Waals surface area contributed by atoms with Crippen LogP contribution in [-0.2, 0) is 6.54 Å². The maximum Gasteiger partial charge on any atom is 0.298 e. The summed E-state index contributed by atoms with van der Waals surface area (Å²) >= 11 is 6.37. The van der Waals surface area contributed by atoms with Gasteiger partial charge in [0, 0.05) is 19.0 Å². The number of piperidine rings is 3. The van der Waals surface area contributed by atoms with Crippen LogP contribution in [0.5, 0.6) is 6.01 Å². The number of benzene rings is 1. The van der Waals surface area contributed by atoms with E-state index in [1.54, 1.807) is 0 Å². The molecule has 3 saturated heterocycles. The zero-order valence-electron chi connectivity index (χ0n) is 11.8. The van der Waals surface area contributed by atoms with E-state index in [0.717, 1.165) is 55.1 Å². The fourth-order valence-corrected chi connectivity index (χ4v) is 4.82.